The Morgan fingerprint density at radius 2 is 1.31 bits per heavy atom. The van der Waals surface area contributed by atoms with E-state index >= 15 is 0 Å². The Bertz CT molecular complexity index is 535. The van der Waals surface area contributed by atoms with Gasteiger partial charge in [-0.3, -0.25) is 0 Å². The van der Waals surface area contributed by atoms with Crippen molar-refractivity contribution in [2.45, 2.75) is 6.92 Å². The van der Waals surface area contributed by atoms with E-state index in [2.05, 4.69) is 67.6 Å². The fourth-order valence-electron chi connectivity index (χ4n) is 2.29. The molecule has 0 bridgehead atoms. The first-order valence-corrected chi connectivity index (χ1v) is 5.57. The molecule has 2 aromatic rings. The van der Waals surface area contributed by atoms with Crippen LogP contribution in [0.15, 0.2) is 60.7 Å². The summed E-state index contributed by atoms with van der Waals surface area (Å²) >= 11 is 0. The molecule has 77 valence electrons. The lowest BCUT2D eigenvalue weighted by Crippen LogP contribution is -1.95. The van der Waals surface area contributed by atoms with E-state index in [0.29, 0.717) is 0 Å². The van der Waals surface area contributed by atoms with Gasteiger partial charge in [0.1, 0.15) is 0 Å². The monoisotopic (exact) mass is 205 g/mol. The number of fused-ring (bicyclic) bond motifs is 1. The van der Waals surface area contributed by atoms with Gasteiger partial charge in [0.2, 0.25) is 0 Å². The van der Waals surface area contributed by atoms with Gasteiger partial charge in [-0.05, 0) is 29.2 Å². The molecule has 3 rings (SSSR count). The Hall–Kier alpha value is -1.82. The molecular weight excluding hydrogens is 192 g/mol. The molecule has 1 aliphatic carbocycles. The first-order chi connectivity index (χ1) is 7.86. The fraction of sp³-hybridized carbons (Fsp3) is 0.0625. The Balaban J connectivity index is 2.13. The summed E-state index contributed by atoms with van der Waals surface area (Å²) in [4.78, 5) is 0. The Labute approximate surface area is 96.3 Å². The van der Waals surface area contributed by atoms with Crippen LogP contribution < -0.4 is 0 Å². The molecule has 0 aliphatic heterocycles. The van der Waals surface area contributed by atoms with Crippen LogP contribution in [0.1, 0.15) is 23.6 Å². The highest BCUT2D eigenvalue weighted by molar-refractivity contribution is 5.81. The van der Waals surface area contributed by atoms with Gasteiger partial charge in [0, 0.05) is 0 Å². The van der Waals surface area contributed by atoms with E-state index in [-0.39, 0.29) is 0 Å². The molecule has 0 nitrogen and oxygen atoms in total. The van der Waals surface area contributed by atoms with Crippen LogP contribution in [0.2, 0.25) is 0 Å². The molecule has 0 saturated heterocycles. The summed E-state index contributed by atoms with van der Waals surface area (Å²) < 4.78 is 0. The highest BCUT2D eigenvalue weighted by Gasteiger charge is 2.22. The van der Waals surface area contributed by atoms with E-state index in [0.717, 1.165) is 0 Å². The lowest BCUT2D eigenvalue weighted by Gasteiger charge is -2.09. The zero-order valence-electron chi connectivity index (χ0n) is 9.27. The van der Waals surface area contributed by atoms with Crippen LogP contribution in [0.3, 0.4) is 0 Å². The summed E-state index contributed by atoms with van der Waals surface area (Å²) in [7, 11) is 0. The Kier molecular flexibility index (Phi) is 2.14. The fourth-order valence-corrected chi connectivity index (χ4v) is 2.29. The highest BCUT2D eigenvalue weighted by atomic mass is 14.2. The zero-order valence-corrected chi connectivity index (χ0v) is 9.27. The van der Waals surface area contributed by atoms with Gasteiger partial charge in [-0.1, -0.05) is 60.7 Å². The van der Waals surface area contributed by atoms with E-state index in [4.69, 9.17) is 0 Å². The third-order valence-corrected chi connectivity index (χ3v) is 3.09. The smallest absolute Gasteiger partial charge is 0.0566 e. The predicted octanol–water partition coefficient (Wildman–Crippen LogP) is 4.07. The summed E-state index contributed by atoms with van der Waals surface area (Å²) in [6.07, 6.45) is 2.28. The average Bonchev–Trinajstić information content (AvgIpc) is 2.69. The molecule has 0 saturated carbocycles. The summed E-state index contributed by atoms with van der Waals surface area (Å²) in [5.74, 6) is 1.34. The molecule has 0 spiro atoms. The Morgan fingerprint density at radius 3 is 2.06 bits per heavy atom. The number of benzene rings is 2. The molecule has 0 heterocycles. The van der Waals surface area contributed by atoms with Gasteiger partial charge in [-0.25, -0.2) is 0 Å². The van der Waals surface area contributed by atoms with Gasteiger partial charge >= 0.3 is 0 Å². The average molecular weight is 205 g/mol. The molecule has 0 heteroatoms. The molecule has 0 amide bonds. The molecule has 0 unspecified atom stereocenters. The first kappa shape index (κ1) is 9.41. The quantitative estimate of drug-likeness (QED) is 0.658. The minimum absolute atomic E-state index is 1.30. The van der Waals surface area contributed by atoms with Crippen LogP contribution in [-0.2, 0) is 0 Å². The summed E-state index contributed by atoms with van der Waals surface area (Å²) in [6, 6.07) is 19.2. The maximum Gasteiger partial charge on any atom is 0.0566 e. The molecule has 0 atom stereocenters. The van der Waals surface area contributed by atoms with Gasteiger partial charge in [0.05, 0.1) is 5.92 Å². The second-order valence-electron chi connectivity index (χ2n) is 4.15. The number of hydrogen-bond acceptors (Lipinski definition) is 0. The summed E-state index contributed by atoms with van der Waals surface area (Å²) in [5.41, 5.74) is 5.37. The van der Waals surface area contributed by atoms with Crippen LogP contribution in [0.4, 0.5) is 0 Å². The van der Waals surface area contributed by atoms with Gasteiger partial charge in [-0.2, -0.15) is 0 Å². The van der Waals surface area contributed by atoms with Crippen molar-refractivity contribution in [2.24, 2.45) is 0 Å². The van der Waals surface area contributed by atoms with E-state index in [1.807, 2.05) is 0 Å². The van der Waals surface area contributed by atoms with Crippen molar-refractivity contribution in [1.82, 2.24) is 0 Å². The van der Waals surface area contributed by atoms with Crippen molar-refractivity contribution in [3.05, 3.63) is 83.3 Å². The third-order valence-electron chi connectivity index (χ3n) is 3.09. The van der Waals surface area contributed by atoms with Gasteiger partial charge in [-0.15, -0.1) is 0 Å². The predicted molar refractivity (Wildman–Crippen MR) is 68.0 cm³/mol. The molecule has 0 N–H and O–H groups in total. The van der Waals surface area contributed by atoms with Crippen molar-refractivity contribution >= 4 is 5.57 Å². The summed E-state index contributed by atoms with van der Waals surface area (Å²) in [5, 5.41) is 0. The second kappa shape index (κ2) is 3.64. The number of rotatable bonds is 1. The topological polar surface area (TPSA) is 0 Å². The van der Waals surface area contributed by atoms with Crippen molar-refractivity contribution in [3.63, 3.8) is 0 Å². The van der Waals surface area contributed by atoms with Crippen molar-refractivity contribution in [1.29, 1.82) is 0 Å². The molecule has 0 fully saturated rings. The lowest BCUT2D eigenvalue weighted by molar-refractivity contribution is 1.31. The zero-order chi connectivity index (χ0) is 11.0. The maximum atomic E-state index is 2.28. The molecule has 0 aromatic heterocycles. The number of allylic oxidation sites excluding steroid dienone is 2. The van der Waals surface area contributed by atoms with Crippen LogP contribution in [-0.4, -0.2) is 0 Å². The van der Waals surface area contributed by atoms with Crippen LogP contribution in [0.5, 0.6) is 0 Å². The first-order valence-electron chi connectivity index (χ1n) is 5.57. The lowest BCUT2D eigenvalue weighted by atomic mass is 9.93. The molecule has 2 aromatic carbocycles. The normalized spacial score (nSPS) is 14.7. The van der Waals surface area contributed by atoms with Crippen LogP contribution in [0, 0.1) is 5.92 Å². The SMILES string of the molecule is CC1=C[C](c2ccccc2)c2ccccc21. The molecule has 16 heavy (non-hydrogen) atoms. The minimum Gasteiger partial charge on any atom is -0.0645 e. The van der Waals surface area contributed by atoms with Gasteiger partial charge < -0.3 is 0 Å². The molecule has 1 radical (unpaired) electrons. The second-order valence-corrected chi connectivity index (χ2v) is 4.15. The van der Waals surface area contributed by atoms with Crippen LogP contribution in [0.25, 0.3) is 5.57 Å². The molecule has 1 aliphatic rings. The van der Waals surface area contributed by atoms with Gasteiger partial charge in [0.25, 0.3) is 0 Å². The highest BCUT2D eigenvalue weighted by Crippen LogP contribution is 2.38. The Morgan fingerprint density at radius 1 is 0.688 bits per heavy atom. The van der Waals surface area contributed by atoms with E-state index in [1.54, 1.807) is 0 Å². The molecular formula is C16H13. The minimum atomic E-state index is 1.30. The maximum absolute atomic E-state index is 2.28. The van der Waals surface area contributed by atoms with E-state index < -0.39 is 0 Å². The third kappa shape index (κ3) is 1.38. The number of hydrogen-bond donors (Lipinski definition) is 0. The van der Waals surface area contributed by atoms with Crippen molar-refractivity contribution in [2.75, 3.05) is 0 Å². The van der Waals surface area contributed by atoms with Crippen molar-refractivity contribution < 1.29 is 0 Å². The van der Waals surface area contributed by atoms with E-state index in [9.17, 15) is 0 Å². The van der Waals surface area contributed by atoms with E-state index in [1.165, 1.54) is 28.2 Å². The summed E-state index contributed by atoms with van der Waals surface area (Å²) in [6.45, 7) is 2.18. The van der Waals surface area contributed by atoms with Crippen LogP contribution >= 0.6 is 0 Å². The largest absolute Gasteiger partial charge is 0.0645 e. The standard InChI is InChI=1S/C16H13/c1-12-11-16(13-7-3-2-4-8-13)15-10-6-5-9-14(12)15/h2-11H,1H3. The van der Waals surface area contributed by atoms with Gasteiger partial charge in [0.15, 0.2) is 0 Å². The van der Waals surface area contributed by atoms with Crippen molar-refractivity contribution in [3.8, 4) is 0 Å².